The second kappa shape index (κ2) is 7.43. The summed E-state index contributed by atoms with van der Waals surface area (Å²) in [6, 6.07) is 8.19. The van der Waals surface area contributed by atoms with Crippen LogP contribution in [0, 0.1) is 0 Å². The zero-order valence-corrected chi connectivity index (χ0v) is 12.6. The first kappa shape index (κ1) is 15.0. The average molecular weight is 283 g/mol. The lowest BCUT2D eigenvalue weighted by Gasteiger charge is -2.15. The molecule has 0 radical (unpaired) electrons. The summed E-state index contributed by atoms with van der Waals surface area (Å²) in [5.41, 5.74) is 2.24. The van der Waals surface area contributed by atoms with Crippen molar-refractivity contribution in [1.82, 2.24) is 14.5 Å². The maximum atomic E-state index is 11.9. The van der Waals surface area contributed by atoms with E-state index in [2.05, 4.69) is 17.1 Å². The number of imidazole rings is 1. The van der Waals surface area contributed by atoms with E-state index in [0.717, 1.165) is 25.2 Å². The van der Waals surface area contributed by atoms with Crippen LogP contribution >= 0.6 is 0 Å². The van der Waals surface area contributed by atoms with Crippen LogP contribution in [0.25, 0.3) is 6.08 Å². The minimum atomic E-state index is 0.0579. The van der Waals surface area contributed by atoms with Gasteiger partial charge in [0.05, 0.1) is 6.33 Å². The van der Waals surface area contributed by atoms with Gasteiger partial charge in [-0.2, -0.15) is 0 Å². The zero-order chi connectivity index (χ0) is 15.1. The van der Waals surface area contributed by atoms with Gasteiger partial charge in [0, 0.05) is 38.1 Å². The normalized spacial score (nSPS) is 11.0. The minimum absolute atomic E-state index is 0.0579. The van der Waals surface area contributed by atoms with Gasteiger partial charge in [0.2, 0.25) is 5.91 Å². The van der Waals surface area contributed by atoms with Gasteiger partial charge in [-0.3, -0.25) is 4.79 Å². The van der Waals surface area contributed by atoms with E-state index in [1.165, 1.54) is 5.56 Å². The molecule has 0 fully saturated rings. The number of amides is 1. The van der Waals surface area contributed by atoms with Crippen molar-refractivity contribution < 1.29 is 4.79 Å². The molecule has 0 saturated carbocycles. The molecule has 0 saturated heterocycles. The van der Waals surface area contributed by atoms with E-state index in [9.17, 15) is 4.79 Å². The largest absolute Gasteiger partial charge is 0.340 e. The molecule has 0 atom stereocenters. The van der Waals surface area contributed by atoms with Crippen molar-refractivity contribution in [3.05, 3.63) is 60.2 Å². The van der Waals surface area contributed by atoms with Crippen molar-refractivity contribution in [2.24, 2.45) is 0 Å². The summed E-state index contributed by atoms with van der Waals surface area (Å²) in [7, 11) is 0. The van der Waals surface area contributed by atoms with Gasteiger partial charge in [-0.1, -0.05) is 24.3 Å². The van der Waals surface area contributed by atoms with Crippen LogP contribution < -0.4 is 0 Å². The number of hydrogen-bond acceptors (Lipinski definition) is 2. The summed E-state index contributed by atoms with van der Waals surface area (Å²) in [6.45, 7) is 6.26. The Bertz CT molecular complexity index is 581. The molecular formula is C17H21N3O. The molecule has 4 nitrogen and oxygen atoms in total. The van der Waals surface area contributed by atoms with E-state index in [1.807, 2.05) is 42.8 Å². The van der Waals surface area contributed by atoms with Gasteiger partial charge in [-0.05, 0) is 31.1 Å². The molecule has 4 heteroatoms. The van der Waals surface area contributed by atoms with Crippen molar-refractivity contribution >= 4 is 12.0 Å². The van der Waals surface area contributed by atoms with Crippen LogP contribution in [-0.4, -0.2) is 33.4 Å². The predicted octanol–water partition coefficient (Wildman–Crippen LogP) is 2.81. The molecule has 1 aromatic heterocycles. The molecule has 1 heterocycles. The second-order valence-electron chi connectivity index (χ2n) is 4.82. The summed E-state index contributed by atoms with van der Waals surface area (Å²) in [4.78, 5) is 17.7. The number of carbonyl (C=O) groups is 1. The molecule has 0 aliphatic heterocycles. The van der Waals surface area contributed by atoms with Gasteiger partial charge in [0.15, 0.2) is 0 Å². The van der Waals surface area contributed by atoms with Crippen LogP contribution in [0.3, 0.4) is 0 Å². The van der Waals surface area contributed by atoms with Gasteiger partial charge < -0.3 is 9.47 Å². The first-order valence-electron chi connectivity index (χ1n) is 7.24. The highest BCUT2D eigenvalue weighted by molar-refractivity contribution is 5.91. The molecule has 2 aromatic rings. The smallest absolute Gasteiger partial charge is 0.246 e. The Labute approximate surface area is 125 Å². The lowest BCUT2D eigenvalue weighted by Crippen LogP contribution is -2.28. The Morgan fingerprint density at radius 2 is 1.95 bits per heavy atom. The summed E-state index contributed by atoms with van der Waals surface area (Å²) < 4.78 is 2.02. The summed E-state index contributed by atoms with van der Waals surface area (Å²) in [6.07, 6.45) is 9.02. The highest BCUT2D eigenvalue weighted by Gasteiger charge is 2.04. The van der Waals surface area contributed by atoms with Crippen LogP contribution in [0.4, 0.5) is 0 Å². The Morgan fingerprint density at radius 1 is 1.24 bits per heavy atom. The quantitative estimate of drug-likeness (QED) is 0.765. The maximum Gasteiger partial charge on any atom is 0.246 e. The van der Waals surface area contributed by atoms with E-state index < -0.39 is 0 Å². The molecule has 0 aliphatic rings. The van der Waals surface area contributed by atoms with Crippen molar-refractivity contribution in [3.8, 4) is 0 Å². The number of likely N-dealkylation sites (N-methyl/N-ethyl adjacent to an activating group) is 1. The number of hydrogen-bond donors (Lipinski definition) is 0. The van der Waals surface area contributed by atoms with Gasteiger partial charge in [0.25, 0.3) is 0 Å². The van der Waals surface area contributed by atoms with Gasteiger partial charge in [-0.25, -0.2) is 4.98 Å². The van der Waals surface area contributed by atoms with Crippen LogP contribution in [0.1, 0.15) is 25.0 Å². The molecule has 0 aliphatic carbocycles. The number of aromatic nitrogens is 2. The first-order chi connectivity index (χ1) is 10.2. The Balaban J connectivity index is 1.97. The van der Waals surface area contributed by atoms with Crippen LogP contribution in [0.15, 0.2) is 49.1 Å². The highest BCUT2D eigenvalue weighted by Crippen LogP contribution is 2.08. The van der Waals surface area contributed by atoms with E-state index >= 15 is 0 Å². The number of carbonyl (C=O) groups excluding carboxylic acids is 1. The fourth-order valence-electron chi connectivity index (χ4n) is 2.13. The average Bonchev–Trinajstić information content (AvgIpc) is 3.01. The van der Waals surface area contributed by atoms with E-state index in [0.29, 0.717) is 0 Å². The van der Waals surface area contributed by atoms with Gasteiger partial charge in [0.1, 0.15) is 0 Å². The standard InChI is InChI=1S/C17H21N3O/c1-3-20(4-2)17(21)10-9-15-5-7-16(8-6-15)13-19-12-11-18-14-19/h5-12,14H,3-4,13H2,1-2H3/b10-9+. The first-order valence-corrected chi connectivity index (χ1v) is 7.24. The van der Waals surface area contributed by atoms with Crippen LogP contribution in [-0.2, 0) is 11.3 Å². The number of rotatable bonds is 6. The molecule has 1 aromatic carbocycles. The molecule has 2 rings (SSSR count). The molecule has 21 heavy (non-hydrogen) atoms. The van der Waals surface area contributed by atoms with Crippen molar-refractivity contribution in [2.45, 2.75) is 20.4 Å². The SMILES string of the molecule is CCN(CC)C(=O)/C=C/c1ccc(Cn2ccnc2)cc1. The Morgan fingerprint density at radius 3 is 2.52 bits per heavy atom. The van der Waals surface area contributed by atoms with Gasteiger partial charge >= 0.3 is 0 Å². The molecule has 1 amide bonds. The van der Waals surface area contributed by atoms with E-state index in [1.54, 1.807) is 23.5 Å². The Hall–Kier alpha value is -2.36. The summed E-state index contributed by atoms with van der Waals surface area (Å²) in [5, 5.41) is 0. The summed E-state index contributed by atoms with van der Waals surface area (Å²) >= 11 is 0. The van der Waals surface area contributed by atoms with Crippen LogP contribution in [0.2, 0.25) is 0 Å². The fraction of sp³-hybridized carbons (Fsp3) is 0.294. The maximum absolute atomic E-state index is 11.9. The fourth-order valence-corrected chi connectivity index (χ4v) is 2.13. The highest BCUT2D eigenvalue weighted by atomic mass is 16.2. The molecule has 0 N–H and O–H groups in total. The minimum Gasteiger partial charge on any atom is -0.340 e. The molecule has 110 valence electrons. The monoisotopic (exact) mass is 283 g/mol. The predicted molar refractivity (Wildman–Crippen MR) is 84.7 cm³/mol. The zero-order valence-electron chi connectivity index (χ0n) is 12.6. The third-order valence-corrected chi connectivity index (χ3v) is 3.40. The molecular weight excluding hydrogens is 262 g/mol. The summed E-state index contributed by atoms with van der Waals surface area (Å²) in [5.74, 6) is 0.0579. The van der Waals surface area contributed by atoms with Crippen LogP contribution in [0.5, 0.6) is 0 Å². The third-order valence-electron chi connectivity index (χ3n) is 3.40. The lowest BCUT2D eigenvalue weighted by atomic mass is 10.1. The van der Waals surface area contributed by atoms with Crippen molar-refractivity contribution in [1.29, 1.82) is 0 Å². The van der Waals surface area contributed by atoms with Gasteiger partial charge in [-0.15, -0.1) is 0 Å². The second-order valence-corrected chi connectivity index (χ2v) is 4.82. The molecule has 0 bridgehead atoms. The molecule has 0 unspecified atom stereocenters. The van der Waals surface area contributed by atoms with Crippen molar-refractivity contribution in [2.75, 3.05) is 13.1 Å². The van der Waals surface area contributed by atoms with E-state index in [4.69, 9.17) is 0 Å². The lowest BCUT2D eigenvalue weighted by molar-refractivity contribution is -0.125. The van der Waals surface area contributed by atoms with E-state index in [-0.39, 0.29) is 5.91 Å². The molecule has 0 spiro atoms. The number of nitrogens with zero attached hydrogens (tertiary/aromatic N) is 3. The van der Waals surface area contributed by atoms with Crippen molar-refractivity contribution in [3.63, 3.8) is 0 Å². The third kappa shape index (κ3) is 4.31. The number of benzene rings is 1. The topological polar surface area (TPSA) is 38.1 Å². The Kier molecular flexibility index (Phi) is 5.32.